The second-order valence-electron chi connectivity index (χ2n) is 7.01. The summed E-state index contributed by atoms with van der Waals surface area (Å²) in [6.45, 7) is 1.90. The lowest BCUT2D eigenvalue weighted by molar-refractivity contribution is -0.0514. The van der Waals surface area contributed by atoms with E-state index < -0.39 is 5.60 Å². The van der Waals surface area contributed by atoms with E-state index in [9.17, 15) is 9.50 Å². The summed E-state index contributed by atoms with van der Waals surface area (Å²) in [6.07, 6.45) is 5.94. The van der Waals surface area contributed by atoms with Crippen LogP contribution in [0, 0.1) is 36.4 Å². The predicted octanol–water partition coefficient (Wildman–Crippen LogP) is 3.78. The van der Waals surface area contributed by atoms with E-state index in [1.54, 1.807) is 12.1 Å². The number of rotatable bonds is 1. The van der Waals surface area contributed by atoms with Crippen LogP contribution in [0.15, 0.2) is 18.2 Å². The first kappa shape index (κ1) is 11.9. The highest BCUT2D eigenvalue weighted by molar-refractivity contribution is 5.32. The Morgan fingerprint density at radius 1 is 1.21 bits per heavy atom. The van der Waals surface area contributed by atoms with Gasteiger partial charge in [0.05, 0.1) is 5.60 Å². The van der Waals surface area contributed by atoms with Gasteiger partial charge in [0.2, 0.25) is 0 Å². The van der Waals surface area contributed by atoms with Crippen LogP contribution in [0.25, 0.3) is 0 Å². The fourth-order valence-corrected chi connectivity index (χ4v) is 5.43. The van der Waals surface area contributed by atoms with Crippen molar-refractivity contribution in [3.05, 3.63) is 35.1 Å². The molecule has 1 N–H and O–H groups in total. The number of fused-ring (bicyclic) bond motifs is 5. The van der Waals surface area contributed by atoms with E-state index in [1.807, 2.05) is 13.0 Å². The average molecular weight is 260 g/mol. The molecule has 0 saturated heterocycles. The van der Waals surface area contributed by atoms with Gasteiger partial charge in [-0.2, -0.15) is 0 Å². The summed E-state index contributed by atoms with van der Waals surface area (Å²) in [5.41, 5.74) is 0.972. The highest BCUT2D eigenvalue weighted by Gasteiger charge is 2.60. The molecule has 0 spiro atoms. The normalized spacial score (nSPS) is 43.7. The van der Waals surface area contributed by atoms with Gasteiger partial charge < -0.3 is 5.11 Å². The number of halogens is 1. The molecule has 1 nitrogen and oxygen atoms in total. The molecule has 0 aromatic heterocycles. The van der Waals surface area contributed by atoms with Crippen molar-refractivity contribution >= 4 is 0 Å². The van der Waals surface area contributed by atoms with Crippen molar-refractivity contribution in [2.24, 2.45) is 23.7 Å². The fourth-order valence-electron chi connectivity index (χ4n) is 5.43. The minimum absolute atomic E-state index is 0.214. The van der Waals surface area contributed by atoms with Crippen LogP contribution in [0.3, 0.4) is 0 Å². The number of aliphatic hydroxyl groups is 1. The van der Waals surface area contributed by atoms with Crippen molar-refractivity contribution in [2.45, 2.75) is 44.6 Å². The standard InChI is InChI=1S/C17H21FO/c1-10-5-12(8-13(18)6-10)17(19)9-11-7-16(17)15-4-2-3-14(11)15/h5-6,8,11,14-16,19H,2-4,7,9H2,1H3. The molecule has 5 atom stereocenters. The topological polar surface area (TPSA) is 20.2 Å². The van der Waals surface area contributed by atoms with E-state index in [2.05, 4.69) is 0 Å². The maximum absolute atomic E-state index is 13.7. The van der Waals surface area contributed by atoms with Crippen LogP contribution in [-0.4, -0.2) is 5.11 Å². The van der Waals surface area contributed by atoms with Crippen molar-refractivity contribution < 1.29 is 9.50 Å². The third-order valence-corrected chi connectivity index (χ3v) is 6.03. The van der Waals surface area contributed by atoms with Gasteiger partial charge in [-0.1, -0.05) is 12.5 Å². The molecule has 0 amide bonds. The van der Waals surface area contributed by atoms with E-state index in [1.165, 1.54) is 19.3 Å². The zero-order valence-corrected chi connectivity index (χ0v) is 11.4. The summed E-state index contributed by atoms with van der Waals surface area (Å²) in [5, 5.41) is 11.2. The summed E-state index contributed by atoms with van der Waals surface area (Å²) in [7, 11) is 0. The molecule has 2 heteroatoms. The zero-order chi connectivity index (χ0) is 13.2. The number of benzene rings is 1. The van der Waals surface area contributed by atoms with Gasteiger partial charge >= 0.3 is 0 Å². The van der Waals surface area contributed by atoms with Crippen LogP contribution in [0.1, 0.15) is 43.2 Å². The maximum Gasteiger partial charge on any atom is 0.123 e. The molecule has 2 bridgehead atoms. The summed E-state index contributed by atoms with van der Waals surface area (Å²) < 4.78 is 13.7. The van der Waals surface area contributed by atoms with Crippen molar-refractivity contribution in [3.63, 3.8) is 0 Å². The van der Waals surface area contributed by atoms with Gasteiger partial charge in [-0.25, -0.2) is 4.39 Å². The largest absolute Gasteiger partial charge is 0.385 e. The van der Waals surface area contributed by atoms with Crippen LogP contribution >= 0.6 is 0 Å². The van der Waals surface area contributed by atoms with Gasteiger partial charge in [0.25, 0.3) is 0 Å². The molecule has 3 aliphatic carbocycles. The Bertz CT molecular complexity index is 506. The molecule has 1 aromatic rings. The van der Waals surface area contributed by atoms with Crippen molar-refractivity contribution in [1.29, 1.82) is 0 Å². The maximum atomic E-state index is 13.7. The molecule has 3 saturated carbocycles. The van der Waals surface area contributed by atoms with Gasteiger partial charge in [0.1, 0.15) is 5.82 Å². The van der Waals surface area contributed by atoms with Gasteiger partial charge in [-0.3, -0.25) is 0 Å². The third-order valence-electron chi connectivity index (χ3n) is 6.03. The molecule has 1 aromatic carbocycles. The molecule has 4 rings (SSSR count). The van der Waals surface area contributed by atoms with Gasteiger partial charge in [0, 0.05) is 0 Å². The van der Waals surface area contributed by atoms with E-state index in [4.69, 9.17) is 0 Å². The Labute approximate surface area is 113 Å². The third kappa shape index (κ3) is 1.56. The Balaban J connectivity index is 1.75. The number of hydrogen-bond donors (Lipinski definition) is 1. The van der Waals surface area contributed by atoms with Crippen LogP contribution < -0.4 is 0 Å². The Hall–Kier alpha value is -0.890. The minimum Gasteiger partial charge on any atom is -0.385 e. The monoisotopic (exact) mass is 260 g/mol. The number of aryl methyl sites for hydroxylation is 1. The zero-order valence-electron chi connectivity index (χ0n) is 11.4. The Kier molecular flexibility index (Phi) is 2.39. The Morgan fingerprint density at radius 3 is 2.79 bits per heavy atom. The van der Waals surface area contributed by atoms with Crippen LogP contribution in [0.2, 0.25) is 0 Å². The molecule has 5 unspecified atom stereocenters. The molecule has 0 aliphatic heterocycles. The summed E-state index contributed by atoms with van der Waals surface area (Å²) >= 11 is 0. The molecular weight excluding hydrogens is 239 g/mol. The summed E-state index contributed by atoms with van der Waals surface area (Å²) in [5.74, 6) is 2.36. The molecule has 3 aliphatic rings. The highest BCUT2D eigenvalue weighted by atomic mass is 19.1. The van der Waals surface area contributed by atoms with Crippen molar-refractivity contribution in [2.75, 3.05) is 0 Å². The van der Waals surface area contributed by atoms with Crippen LogP contribution in [-0.2, 0) is 5.60 Å². The van der Waals surface area contributed by atoms with Gasteiger partial charge in [0.15, 0.2) is 0 Å². The second kappa shape index (κ2) is 3.82. The Morgan fingerprint density at radius 2 is 2.00 bits per heavy atom. The smallest absolute Gasteiger partial charge is 0.123 e. The van der Waals surface area contributed by atoms with Crippen molar-refractivity contribution in [3.8, 4) is 0 Å². The average Bonchev–Trinajstić information content (AvgIpc) is 2.97. The highest BCUT2D eigenvalue weighted by Crippen LogP contribution is 2.65. The first-order valence-corrected chi connectivity index (χ1v) is 7.58. The predicted molar refractivity (Wildman–Crippen MR) is 72.1 cm³/mol. The molecule has 0 radical (unpaired) electrons. The molecule has 0 heterocycles. The SMILES string of the molecule is Cc1cc(F)cc(C2(O)CC3CC2C2CCCC32)c1. The van der Waals surface area contributed by atoms with Crippen LogP contribution in [0.5, 0.6) is 0 Å². The fraction of sp³-hybridized carbons (Fsp3) is 0.647. The van der Waals surface area contributed by atoms with E-state index in [0.717, 1.165) is 29.9 Å². The molecular formula is C17H21FO. The quantitative estimate of drug-likeness (QED) is 0.814. The first-order valence-electron chi connectivity index (χ1n) is 7.58. The molecule has 102 valence electrons. The second-order valence-corrected chi connectivity index (χ2v) is 7.01. The van der Waals surface area contributed by atoms with E-state index in [-0.39, 0.29) is 5.82 Å². The van der Waals surface area contributed by atoms with Gasteiger partial charge in [-0.05, 0) is 79.5 Å². The van der Waals surface area contributed by atoms with Crippen LogP contribution in [0.4, 0.5) is 4.39 Å². The minimum atomic E-state index is -0.761. The molecule has 3 fully saturated rings. The van der Waals surface area contributed by atoms with E-state index >= 15 is 0 Å². The molecule has 19 heavy (non-hydrogen) atoms. The van der Waals surface area contributed by atoms with Gasteiger partial charge in [-0.15, -0.1) is 0 Å². The summed E-state index contributed by atoms with van der Waals surface area (Å²) in [4.78, 5) is 0. The number of hydrogen-bond acceptors (Lipinski definition) is 1. The van der Waals surface area contributed by atoms with E-state index in [0.29, 0.717) is 17.8 Å². The van der Waals surface area contributed by atoms with Crippen molar-refractivity contribution in [1.82, 2.24) is 0 Å². The lowest BCUT2D eigenvalue weighted by Gasteiger charge is -2.39. The lowest BCUT2D eigenvalue weighted by Crippen LogP contribution is -2.39. The first-order chi connectivity index (χ1) is 9.08. The summed E-state index contributed by atoms with van der Waals surface area (Å²) in [6, 6.07) is 5.07. The lowest BCUT2D eigenvalue weighted by atomic mass is 9.70.